The van der Waals surface area contributed by atoms with Gasteiger partial charge >= 0.3 is 11.3 Å². The molecule has 1 aliphatic rings. The van der Waals surface area contributed by atoms with Gasteiger partial charge in [0, 0.05) is 32.3 Å². The zero-order valence-electron chi connectivity index (χ0n) is 17.0. The number of rotatable bonds is 5. The van der Waals surface area contributed by atoms with E-state index < -0.39 is 17.1 Å². The van der Waals surface area contributed by atoms with Crippen molar-refractivity contribution in [1.82, 2.24) is 9.48 Å². The maximum Gasteiger partial charge on any atom is 0.356 e. The highest BCUT2D eigenvalue weighted by Gasteiger charge is 2.21. The molecule has 3 rings (SSSR count). The van der Waals surface area contributed by atoms with Gasteiger partial charge in [0.2, 0.25) is 0 Å². The van der Waals surface area contributed by atoms with Gasteiger partial charge < -0.3 is 18.7 Å². The fraction of sp³-hybridized carbons (Fsp3) is 0.450. The Bertz CT molecular complexity index is 1110. The van der Waals surface area contributed by atoms with Crippen LogP contribution in [-0.2, 0) is 11.3 Å². The van der Waals surface area contributed by atoms with E-state index in [0.29, 0.717) is 38.4 Å². The van der Waals surface area contributed by atoms with Gasteiger partial charge in [0.1, 0.15) is 5.69 Å². The number of aryl methyl sites for hydroxylation is 1. The van der Waals surface area contributed by atoms with E-state index in [-0.39, 0.29) is 17.9 Å². The number of hydrogen-bond donors (Lipinski definition) is 0. The molecule has 0 spiro atoms. The van der Waals surface area contributed by atoms with E-state index in [4.69, 9.17) is 13.8 Å². The highest BCUT2D eigenvalue weighted by atomic mass is 19.1. The summed E-state index contributed by atoms with van der Waals surface area (Å²) in [6.45, 7) is 4.35. The Morgan fingerprint density at radius 2 is 1.77 bits per heavy atom. The van der Waals surface area contributed by atoms with Gasteiger partial charge in [-0.2, -0.15) is 4.74 Å². The number of morpholine rings is 1. The molecule has 1 fully saturated rings. The summed E-state index contributed by atoms with van der Waals surface area (Å²) in [4.78, 5) is 30.5. The third kappa shape index (κ3) is 4.88. The van der Waals surface area contributed by atoms with E-state index in [0.717, 1.165) is 23.3 Å². The number of anilines is 1. The maximum atomic E-state index is 15.1. The highest BCUT2D eigenvalue weighted by molar-refractivity contribution is 5.63. The van der Waals surface area contributed by atoms with Gasteiger partial charge in [0.15, 0.2) is 5.82 Å². The fourth-order valence-corrected chi connectivity index (χ4v) is 3.14. The number of para-hydroxylation sites is 1. The first-order chi connectivity index (χ1) is 14.5. The second-order valence-electron chi connectivity index (χ2n) is 6.63. The normalized spacial score (nSPS) is 14.6. The Morgan fingerprint density at radius 3 is 2.43 bits per heavy atom. The SMILES string of the molecule is CCCCn1oc(=O)ccc(=O)on(-c2c(F)cccc2N2CCOCC2)c1=NC. The molecule has 2 heterocycles. The van der Waals surface area contributed by atoms with Crippen molar-refractivity contribution in [2.45, 2.75) is 26.3 Å². The average Bonchev–Trinajstić information content (AvgIpc) is 2.81. The number of halogens is 1. The minimum Gasteiger partial charge on any atom is -0.378 e. The number of ether oxygens (including phenoxy) is 1. The molecule has 0 aliphatic carbocycles. The predicted molar refractivity (Wildman–Crippen MR) is 108 cm³/mol. The van der Waals surface area contributed by atoms with Gasteiger partial charge in [-0.25, -0.2) is 14.0 Å². The molecule has 0 unspecified atom stereocenters. The van der Waals surface area contributed by atoms with Crippen molar-refractivity contribution in [3.05, 3.63) is 62.6 Å². The Kier molecular flexibility index (Phi) is 7.23. The number of nitrogens with zero attached hydrogens (tertiary/aromatic N) is 4. The zero-order chi connectivity index (χ0) is 21.5. The average molecular weight is 420 g/mol. The number of benzene rings is 1. The summed E-state index contributed by atoms with van der Waals surface area (Å²) in [6, 6.07) is 6.48. The van der Waals surface area contributed by atoms with Crippen molar-refractivity contribution in [2.24, 2.45) is 4.99 Å². The van der Waals surface area contributed by atoms with Gasteiger partial charge in [0.25, 0.3) is 5.62 Å². The number of aromatic nitrogens is 2. The van der Waals surface area contributed by atoms with Crippen LogP contribution in [0.5, 0.6) is 0 Å². The molecule has 1 aromatic carbocycles. The Labute approximate surface area is 171 Å². The molecule has 0 N–H and O–H groups in total. The molecule has 0 radical (unpaired) electrons. The zero-order valence-corrected chi connectivity index (χ0v) is 17.0. The topological polar surface area (TPSA) is 95.1 Å². The van der Waals surface area contributed by atoms with Crippen LogP contribution in [0.1, 0.15) is 19.8 Å². The lowest BCUT2D eigenvalue weighted by Crippen LogP contribution is -2.38. The van der Waals surface area contributed by atoms with E-state index in [1.165, 1.54) is 17.9 Å². The van der Waals surface area contributed by atoms with Crippen LogP contribution in [0.4, 0.5) is 10.1 Å². The van der Waals surface area contributed by atoms with E-state index in [2.05, 4.69) is 4.99 Å². The smallest absolute Gasteiger partial charge is 0.356 e. The first-order valence-electron chi connectivity index (χ1n) is 9.82. The molecule has 0 atom stereocenters. The molecule has 1 aromatic heterocycles. The van der Waals surface area contributed by atoms with Crippen molar-refractivity contribution >= 4 is 5.69 Å². The summed E-state index contributed by atoms with van der Waals surface area (Å²) in [6.07, 6.45) is 1.49. The summed E-state index contributed by atoms with van der Waals surface area (Å²) < 4.78 is 33.5. The van der Waals surface area contributed by atoms with E-state index in [1.807, 2.05) is 11.8 Å². The minimum absolute atomic E-state index is 0.00111. The molecule has 30 heavy (non-hydrogen) atoms. The summed E-state index contributed by atoms with van der Waals surface area (Å²) in [7, 11) is 1.45. The summed E-state index contributed by atoms with van der Waals surface area (Å²) >= 11 is 0. The molecule has 0 amide bonds. The molecule has 0 saturated carbocycles. The second kappa shape index (κ2) is 10.1. The van der Waals surface area contributed by atoms with Crippen LogP contribution in [0.25, 0.3) is 5.69 Å². The molecule has 162 valence electrons. The summed E-state index contributed by atoms with van der Waals surface area (Å²) in [5.41, 5.74) is -1.12. The maximum absolute atomic E-state index is 15.1. The minimum atomic E-state index is -0.860. The van der Waals surface area contributed by atoms with Gasteiger partial charge in [-0.3, -0.25) is 4.99 Å². The van der Waals surface area contributed by atoms with Crippen LogP contribution in [0, 0.1) is 5.82 Å². The number of hydrogen-bond acceptors (Lipinski definition) is 7. The third-order valence-corrected chi connectivity index (χ3v) is 4.58. The molecule has 1 saturated heterocycles. The van der Waals surface area contributed by atoms with Crippen LogP contribution in [0.15, 0.2) is 54.0 Å². The molecular weight excluding hydrogens is 395 g/mol. The van der Waals surface area contributed by atoms with Gasteiger partial charge in [-0.15, -0.1) is 4.74 Å². The van der Waals surface area contributed by atoms with Crippen molar-refractivity contribution < 1.29 is 18.2 Å². The quantitative estimate of drug-likeness (QED) is 0.730. The molecule has 10 heteroatoms. The summed E-state index contributed by atoms with van der Waals surface area (Å²) in [5.74, 6) is -0.613. The standard InChI is InChI=1S/C20H25FN4O5/c1-3-4-10-24-20(22-2)25(30-18(27)9-8-17(26)29-24)19-15(21)6-5-7-16(19)23-11-13-28-14-12-23/h5-9H,3-4,10-14H2,1-2H3. The first-order valence-corrected chi connectivity index (χ1v) is 9.82. The van der Waals surface area contributed by atoms with Crippen LogP contribution < -0.4 is 21.8 Å². The number of unbranched alkanes of at least 4 members (excludes halogenated alkanes) is 1. The van der Waals surface area contributed by atoms with Crippen LogP contribution in [-0.4, -0.2) is 42.8 Å². The van der Waals surface area contributed by atoms with Crippen LogP contribution in [0.3, 0.4) is 0 Å². The monoisotopic (exact) mass is 420 g/mol. The Hall–Kier alpha value is -3.14. The molecule has 1 aliphatic heterocycles. The lowest BCUT2D eigenvalue weighted by Gasteiger charge is -2.30. The molecule has 2 aromatic rings. The van der Waals surface area contributed by atoms with Crippen molar-refractivity contribution in [3.8, 4) is 5.69 Å². The fourth-order valence-electron chi connectivity index (χ4n) is 3.14. The molecular formula is C20H25FN4O5. The van der Waals surface area contributed by atoms with Crippen molar-refractivity contribution in [3.63, 3.8) is 0 Å². The first kappa shape index (κ1) is 21.6. The Morgan fingerprint density at radius 1 is 1.07 bits per heavy atom. The third-order valence-electron chi connectivity index (χ3n) is 4.58. The van der Waals surface area contributed by atoms with E-state index >= 15 is 4.39 Å². The Balaban J connectivity index is 2.40. The summed E-state index contributed by atoms with van der Waals surface area (Å²) in [5, 5.41) is 0. The molecule has 9 nitrogen and oxygen atoms in total. The van der Waals surface area contributed by atoms with Crippen LogP contribution >= 0.6 is 0 Å². The van der Waals surface area contributed by atoms with Crippen molar-refractivity contribution in [1.29, 1.82) is 0 Å². The lowest BCUT2D eigenvalue weighted by molar-refractivity contribution is 0.122. The second-order valence-corrected chi connectivity index (χ2v) is 6.63. The van der Waals surface area contributed by atoms with Gasteiger partial charge in [0.05, 0.1) is 25.4 Å². The van der Waals surface area contributed by atoms with Gasteiger partial charge in [-0.1, -0.05) is 19.4 Å². The van der Waals surface area contributed by atoms with Gasteiger partial charge in [-0.05, 0) is 18.6 Å². The van der Waals surface area contributed by atoms with E-state index in [1.54, 1.807) is 12.1 Å². The lowest BCUT2D eigenvalue weighted by atomic mass is 10.2. The largest absolute Gasteiger partial charge is 0.378 e. The highest BCUT2D eigenvalue weighted by Crippen LogP contribution is 2.26. The predicted octanol–water partition coefficient (Wildman–Crippen LogP) is 1.62. The van der Waals surface area contributed by atoms with E-state index in [9.17, 15) is 9.59 Å². The molecule has 0 bridgehead atoms. The van der Waals surface area contributed by atoms with Crippen molar-refractivity contribution in [2.75, 3.05) is 38.3 Å². The van der Waals surface area contributed by atoms with Crippen LogP contribution in [0.2, 0.25) is 0 Å².